The highest BCUT2D eigenvalue weighted by atomic mass is 35.5. The summed E-state index contributed by atoms with van der Waals surface area (Å²) in [6.07, 6.45) is 3.08. The number of rotatable bonds is 1. The zero-order valence-electron chi connectivity index (χ0n) is 5.36. The van der Waals surface area contributed by atoms with Gasteiger partial charge in [-0.2, -0.15) is 0 Å². The van der Waals surface area contributed by atoms with Gasteiger partial charge in [-0.05, 0) is 0 Å². The highest BCUT2D eigenvalue weighted by molar-refractivity contribution is 6.38. The quantitative estimate of drug-likeness (QED) is 0.712. The Morgan fingerprint density at radius 2 is 1.80 bits per heavy atom. The van der Waals surface area contributed by atoms with E-state index >= 15 is 0 Å². The predicted octanol–water partition coefficient (Wildman–Crippen LogP) is 2.43. The Morgan fingerprint density at radius 3 is 2.10 bits per heavy atom. The molecule has 1 aromatic heterocycles. The minimum Gasteiger partial charge on any atom is -0.386 e. The van der Waals surface area contributed by atoms with Crippen LogP contribution in [0.1, 0.15) is 0 Å². The predicted molar refractivity (Wildman–Crippen MR) is 43.8 cm³/mol. The first kappa shape index (κ1) is 7.63. The molecule has 2 nitrogen and oxygen atoms in total. The van der Waals surface area contributed by atoms with E-state index in [0.717, 1.165) is 5.69 Å². The fraction of sp³-hybridized carbons (Fsp3) is 0.167. The van der Waals surface area contributed by atoms with Crippen molar-refractivity contribution in [2.75, 3.05) is 12.4 Å². The van der Waals surface area contributed by atoms with Gasteiger partial charge in [-0.15, -0.1) is 0 Å². The summed E-state index contributed by atoms with van der Waals surface area (Å²) in [7, 11) is 1.76. The molecule has 0 saturated carbocycles. The average molecular weight is 177 g/mol. The van der Waals surface area contributed by atoms with Crippen LogP contribution in [0.3, 0.4) is 0 Å². The molecular weight excluding hydrogens is 171 g/mol. The van der Waals surface area contributed by atoms with Crippen LogP contribution < -0.4 is 5.32 Å². The van der Waals surface area contributed by atoms with Crippen molar-refractivity contribution in [1.82, 2.24) is 4.98 Å². The van der Waals surface area contributed by atoms with Gasteiger partial charge in [-0.25, -0.2) is 0 Å². The second-order valence-corrected chi connectivity index (χ2v) is 2.54. The van der Waals surface area contributed by atoms with Crippen LogP contribution in [-0.2, 0) is 0 Å². The van der Waals surface area contributed by atoms with E-state index in [1.54, 1.807) is 19.4 Å². The summed E-state index contributed by atoms with van der Waals surface area (Å²) >= 11 is 11.4. The van der Waals surface area contributed by atoms with Crippen LogP contribution in [0.2, 0.25) is 10.0 Å². The van der Waals surface area contributed by atoms with Crippen molar-refractivity contribution < 1.29 is 0 Å². The molecule has 0 radical (unpaired) electrons. The fourth-order valence-corrected chi connectivity index (χ4v) is 1.20. The number of pyridine rings is 1. The number of aromatic nitrogens is 1. The van der Waals surface area contributed by atoms with Crippen molar-refractivity contribution in [3.63, 3.8) is 0 Å². The molecule has 1 aromatic rings. The van der Waals surface area contributed by atoms with Gasteiger partial charge < -0.3 is 5.32 Å². The van der Waals surface area contributed by atoms with E-state index in [1.165, 1.54) is 0 Å². The Kier molecular flexibility index (Phi) is 2.35. The molecule has 0 saturated heterocycles. The lowest BCUT2D eigenvalue weighted by atomic mass is 10.4. The molecule has 0 amide bonds. The number of anilines is 1. The number of nitrogens with zero attached hydrogens (tertiary/aromatic N) is 1. The highest BCUT2D eigenvalue weighted by Crippen LogP contribution is 2.27. The molecule has 0 atom stereocenters. The van der Waals surface area contributed by atoms with Crippen molar-refractivity contribution in [1.29, 1.82) is 0 Å². The largest absolute Gasteiger partial charge is 0.386 e. The van der Waals surface area contributed by atoms with Crippen LogP contribution in [0.25, 0.3) is 0 Å². The van der Waals surface area contributed by atoms with Crippen LogP contribution in [0.4, 0.5) is 5.69 Å². The highest BCUT2D eigenvalue weighted by Gasteiger charge is 2.01. The van der Waals surface area contributed by atoms with Crippen molar-refractivity contribution in [2.45, 2.75) is 0 Å². The second-order valence-electron chi connectivity index (χ2n) is 1.73. The molecule has 0 unspecified atom stereocenters. The minimum absolute atomic E-state index is 0.537. The Hall–Kier alpha value is -0.470. The summed E-state index contributed by atoms with van der Waals surface area (Å²) in [5.74, 6) is 0. The van der Waals surface area contributed by atoms with Gasteiger partial charge in [-0.1, -0.05) is 23.2 Å². The van der Waals surface area contributed by atoms with Gasteiger partial charge in [0.05, 0.1) is 15.7 Å². The molecule has 1 heterocycles. The van der Waals surface area contributed by atoms with Gasteiger partial charge in [0.25, 0.3) is 0 Å². The van der Waals surface area contributed by atoms with E-state index < -0.39 is 0 Å². The lowest BCUT2D eigenvalue weighted by molar-refractivity contribution is 1.32. The number of nitrogens with one attached hydrogen (secondary N) is 1. The zero-order chi connectivity index (χ0) is 7.56. The Labute approximate surface area is 69.2 Å². The van der Waals surface area contributed by atoms with E-state index in [4.69, 9.17) is 23.2 Å². The molecule has 0 spiro atoms. The third-order valence-electron chi connectivity index (χ3n) is 1.10. The van der Waals surface area contributed by atoms with Crippen LogP contribution in [-0.4, -0.2) is 12.0 Å². The summed E-state index contributed by atoms with van der Waals surface area (Å²) in [5.41, 5.74) is 0.721. The maximum absolute atomic E-state index is 5.72. The molecule has 0 aliphatic rings. The van der Waals surface area contributed by atoms with E-state index in [9.17, 15) is 0 Å². The first-order valence-electron chi connectivity index (χ1n) is 2.72. The number of halogens is 2. The summed E-state index contributed by atoms with van der Waals surface area (Å²) in [4.78, 5) is 3.79. The molecule has 4 heteroatoms. The Balaban J connectivity index is 3.17. The average Bonchev–Trinajstić information content (AvgIpc) is 1.88. The smallest absolute Gasteiger partial charge is 0.0835 e. The van der Waals surface area contributed by atoms with Gasteiger partial charge in [0.1, 0.15) is 0 Å². The van der Waals surface area contributed by atoms with Crippen molar-refractivity contribution in [3.8, 4) is 0 Å². The molecule has 0 bridgehead atoms. The van der Waals surface area contributed by atoms with E-state index in [2.05, 4.69) is 10.3 Å². The number of hydrogen-bond acceptors (Lipinski definition) is 2. The first-order valence-corrected chi connectivity index (χ1v) is 3.48. The van der Waals surface area contributed by atoms with Crippen molar-refractivity contribution >= 4 is 28.9 Å². The molecule has 0 fully saturated rings. The fourth-order valence-electron chi connectivity index (χ4n) is 0.650. The van der Waals surface area contributed by atoms with E-state index in [-0.39, 0.29) is 0 Å². The number of hydrogen-bond donors (Lipinski definition) is 1. The molecule has 54 valence electrons. The second kappa shape index (κ2) is 3.08. The van der Waals surface area contributed by atoms with Crippen LogP contribution in [0.15, 0.2) is 12.4 Å². The van der Waals surface area contributed by atoms with Crippen LogP contribution in [0, 0.1) is 0 Å². The normalized spacial score (nSPS) is 9.50. The Bertz CT molecular complexity index is 217. The van der Waals surface area contributed by atoms with Gasteiger partial charge in [-0.3, -0.25) is 4.98 Å². The third-order valence-corrected chi connectivity index (χ3v) is 1.68. The van der Waals surface area contributed by atoms with Crippen LogP contribution in [0.5, 0.6) is 0 Å². The molecule has 0 aliphatic heterocycles. The summed E-state index contributed by atoms with van der Waals surface area (Å²) in [6, 6.07) is 0. The summed E-state index contributed by atoms with van der Waals surface area (Å²) in [5, 5.41) is 3.93. The van der Waals surface area contributed by atoms with Gasteiger partial charge >= 0.3 is 0 Å². The SMILES string of the molecule is CNc1c(Cl)cncc1Cl. The zero-order valence-corrected chi connectivity index (χ0v) is 6.87. The topological polar surface area (TPSA) is 24.9 Å². The van der Waals surface area contributed by atoms with E-state index in [1.807, 2.05) is 0 Å². The summed E-state index contributed by atoms with van der Waals surface area (Å²) < 4.78 is 0. The van der Waals surface area contributed by atoms with Crippen molar-refractivity contribution in [3.05, 3.63) is 22.4 Å². The van der Waals surface area contributed by atoms with E-state index in [0.29, 0.717) is 10.0 Å². The standard InChI is InChI=1S/C6H6Cl2N2/c1-9-6-4(7)2-10-3-5(6)8/h2-3H,1H3,(H,9,10). The maximum atomic E-state index is 5.72. The van der Waals surface area contributed by atoms with Gasteiger partial charge in [0.15, 0.2) is 0 Å². The molecule has 0 aromatic carbocycles. The van der Waals surface area contributed by atoms with Gasteiger partial charge in [0, 0.05) is 19.4 Å². The third kappa shape index (κ3) is 1.33. The first-order chi connectivity index (χ1) is 4.75. The molecule has 0 aliphatic carbocycles. The monoisotopic (exact) mass is 176 g/mol. The molecule has 1 N–H and O–H groups in total. The van der Waals surface area contributed by atoms with Crippen molar-refractivity contribution in [2.24, 2.45) is 0 Å². The molecule has 10 heavy (non-hydrogen) atoms. The van der Waals surface area contributed by atoms with Crippen LogP contribution >= 0.6 is 23.2 Å². The van der Waals surface area contributed by atoms with Gasteiger partial charge in [0.2, 0.25) is 0 Å². The Morgan fingerprint density at radius 1 is 1.30 bits per heavy atom. The maximum Gasteiger partial charge on any atom is 0.0835 e. The molecular formula is C6H6Cl2N2. The lowest BCUT2D eigenvalue weighted by Crippen LogP contribution is -1.90. The summed E-state index contributed by atoms with van der Waals surface area (Å²) in [6.45, 7) is 0. The molecule has 1 rings (SSSR count). The minimum atomic E-state index is 0.537. The lowest BCUT2D eigenvalue weighted by Gasteiger charge is -2.02.